The molecule has 3 heterocycles. The molecule has 1 N–H and O–H groups in total. The van der Waals surface area contributed by atoms with Gasteiger partial charge in [-0.3, -0.25) is 9.79 Å². The van der Waals surface area contributed by atoms with E-state index in [1.165, 1.54) is 17.3 Å². The van der Waals surface area contributed by atoms with E-state index in [2.05, 4.69) is 54.0 Å². The summed E-state index contributed by atoms with van der Waals surface area (Å²) in [6.45, 7) is 13.0. The number of carbonyl (C=O) groups is 1. The summed E-state index contributed by atoms with van der Waals surface area (Å²) in [5, 5.41) is 3.96. The molecule has 0 amide bonds. The van der Waals surface area contributed by atoms with Crippen LogP contribution in [0.4, 0.5) is 11.9 Å². The predicted octanol–water partition coefficient (Wildman–Crippen LogP) is 4.48. The molecule has 1 aromatic carbocycles. The molecule has 0 bridgehead atoms. The number of rotatable bonds is 8. The number of ketones is 1. The van der Waals surface area contributed by atoms with Gasteiger partial charge < -0.3 is 15.1 Å². The van der Waals surface area contributed by atoms with Gasteiger partial charge in [0.05, 0.1) is 6.54 Å². The molecule has 2 aliphatic heterocycles. The molecule has 0 aliphatic carbocycles. The summed E-state index contributed by atoms with van der Waals surface area (Å²) >= 11 is 1.50. The Morgan fingerprint density at radius 1 is 1.06 bits per heavy atom. The van der Waals surface area contributed by atoms with Crippen LogP contribution in [0.25, 0.3) is 0 Å². The van der Waals surface area contributed by atoms with Gasteiger partial charge in [-0.25, -0.2) is 0 Å². The molecule has 192 valence electrons. The third-order valence-electron chi connectivity index (χ3n) is 6.39. The molecule has 2 aromatic rings. The van der Waals surface area contributed by atoms with Crippen LogP contribution >= 0.6 is 11.8 Å². The summed E-state index contributed by atoms with van der Waals surface area (Å²) in [5.41, 5.74) is 2.39. The fourth-order valence-electron chi connectivity index (χ4n) is 4.04. The van der Waals surface area contributed by atoms with E-state index in [4.69, 9.17) is 15.0 Å². The minimum atomic E-state index is 0.0747. The quantitative estimate of drug-likeness (QED) is 0.560. The average molecular weight is 508 g/mol. The Balaban J connectivity index is 1.54. The summed E-state index contributed by atoms with van der Waals surface area (Å²) in [4.78, 5) is 36.5. The fourth-order valence-corrected chi connectivity index (χ4v) is 4.78. The highest BCUT2D eigenvalue weighted by atomic mass is 32.2. The third-order valence-corrected chi connectivity index (χ3v) is 7.26. The van der Waals surface area contributed by atoms with Crippen LogP contribution in [-0.4, -0.2) is 71.2 Å². The van der Waals surface area contributed by atoms with Gasteiger partial charge in [-0.1, -0.05) is 39.8 Å². The van der Waals surface area contributed by atoms with Gasteiger partial charge in [0.1, 0.15) is 11.6 Å². The summed E-state index contributed by atoms with van der Waals surface area (Å²) in [6.07, 6.45) is 4.10. The summed E-state index contributed by atoms with van der Waals surface area (Å²) in [7, 11) is 2.13. The molecule has 0 unspecified atom stereocenters. The van der Waals surface area contributed by atoms with Gasteiger partial charge in [0.2, 0.25) is 11.9 Å². The van der Waals surface area contributed by atoms with E-state index in [0.29, 0.717) is 36.4 Å². The molecule has 0 saturated carbocycles. The zero-order valence-corrected chi connectivity index (χ0v) is 22.9. The lowest BCUT2D eigenvalue weighted by atomic mass is 9.87. The topological polar surface area (TPSA) is 86.6 Å². The molecule has 1 fully saturated rings. The zero-order valence-electron chi connectivity index (χ0n) is 22.0. The molecule has 8 nitrogen and oxygen atoms in total. The SMILES string of the molecule is CCCC(=O)Cc1ccc(Sc2nc(NC3=NCC(C(C)(C)C)=C3)nc(N3CCN(C)CC3)n2)cc1. The Bertz CT molecular complexity index is 1130. The molecule has 2 aliphatic rings. The van der Waals surface area contributed by atoms with Crippen molar-refractivity contribution in [2.45, 2.75) is 57.0 Å². The van der Waals surface area contributed by atoms with Crippen molar-refractivity contribution in [3.8, 4) is 0 Å². The van der Waals surface area contributed by atoms with E-state index >= 15 is 0 Å². The second-order valence-electron chi connectivity index (χ2n) is 10.5. The van der Waals surface area contributed by atoms with Gasteiger partial charge >= 0.3 is 0 Å². The first-order valence-electron chi connectivity index (χ1n) is 12.7. The van der Waals surface area contributed by atoms with Gasteiger partial charge in [-0.05, 0) is 60.0 Å². The normalized spacial score (nSPS) is 16.6. The molecule has 0 spiro atoms. The summed E-state index contributed by atoms with van der Waals surface area (Å²) in [6, 6.07) is 8.10. The predicted molar refractivity (Wildman–Crippen MR) is 147 cm³/mol. The largest absolute Gasteiger partial charge is 0.338 e. The van der Waals surface area contributed by atoms with E-state index in [9.17, 15) is 4.79 Å². The highest BCUT2D eigenvalue weighted by Gasteiger charge is 2.23. The molecule has 4 rings (SSSR count). The minimum absolute atomic E-state index is 0.0747. The average Bonchev–Trinajstić information content (AvgIpc) is 3.30. The van der Waals surface area contributed by atoms with Crippen LogP contribution in [0, 0.1) is 5.41 Å². The summed E-state index contributed by atoms with van der Waals surface area (Å²) in [5.74, 6) is 2.26. The molecule has 0 radical (unpaired) electrons. The summed E-state index contributed by atoms with van der Waals surface area (Å²) < 4.78 is 0. The van der Waals surface area contributed by atoms with Crippen molar-refractivity contribution in [2.75, 3.05) is 50.0 Å². The molecule has 0 atom stereocenters. The molecule has 1 saturated heterocycles. The zero-order chi connectivity index (χ0) is 25.7. The molecule has 36 heavy (non-hydrogen) atoms. The van der Waals surface area contributed by atoms with Crippen molar-refractivity contribution in [1.29, 1.82) is 0 Å². The van der Waals surface area contributed by atoms with Crippen LogP contribution in [0.15, 0.2) is 51.0 Å². The van der Waals surface area contributed by atoms with Crippen LogP contribution in [-0.2, 0) is 11.2 Å². The Morgan fingerprint density at radius 2 is 1.78 bits per heavy atom. The lowest BCUT2D eigenvalue weighted by Gasteiger charge is -2.32. The van der Waals surface area contributed by atoms with Crippen LogP contribution in [0.2, 0.25) is 0 Å². The number of piperazine rings is 1. The Kier molecular flexibility index (Phi) is 8.41. The number of nitrogens with zero attached hydrogens (tertiary/aromatic N) is 6. The smallest absolute Gasteiger partial charge is 0.234 e. The second kappa shape index (κ2) is 11.5. The number of carbonyl (C=O) groups excluding carboxylic acids is 1. The maximum atomic E-state index is 12.0. The van der Waals surface area contributed by atoms with Crippen molar-refractivity contribution in [3.05, 3.63) is 41.5 Å². The van der Waals surface area contributed by atoms with Gasteiger partial charge in [0, 0.05) is 43.9 Å². The van der Waals surface area contributed by atoms with Crippen LogP contribution in [0.3, 0.4) is 0 Å². The van der Waals surface area contributed by atoms with E-state index in [1.54, 1.807) is 0 Å². The van der Waals surface area contributed by atoms with E-state index in [0.717, 1.165) is 48.9 Å². The number of hydrogen-bond acceptors (Lipinski definition) is 9. The first-order valence-corrected chi connectivity index (χ1v) is 13.5. The first-order chi connectivity index (χ1) is 17.2. The number of aromatic nitrogens is 3. The van der Waals surface area contributed by atoms with Gasteiger partial charge in [0.15, 0.2) is 5.16 Å². The molecular formula is C27H37N7OS. The van der Waals surface area contributed by atoms with Crippen molar-refractivity contribution in [3.63, 3.8) is 0 Å². The van der Waals surface area contributed by atoms with Gasteiger partial charge in [-0.15, -0.1) is 0 Å². The highest BCUT2D eigenvalue weighted by molar-refractivity contribution is 7.99. The molecule has 9 heteroatoms. The number of Topliss-reactive ketones (excluding diaryl/α,β-unsaturated/α-hetero) is 1. The Labute approximate surface area is 218 Å². The van der Waals surface area contributed by atoms with Gasteiger partial charge in [-0.2, -0.15) is 15.0 Å². The Hall–Kier alpha value is -2.78. The Morgan fingerprint density at radius 3 is 2.42 bits per heavy atom. The van der Waals surface area contributed by atoms with E-state index in [1.807, 2.05) is 31.2 Å². The number of amidine groups is 1. The van der Waals surface area contributed by atoms with E-state index < -0.39 is 0 Å². The second-order valence-corrected chi connectivity index (χ2v) is 11.5. The number of benzene rings is 1. The number of nitrogens with one attached hydrogen (secondary N) is 1. The first kappa shape index (κ1) is 26.3. The van der Waals surface area contributed by atoms with Crippen molar-refractivity contribution in [2.24, 2.45) is 10.4 Å². The minimum Gasteiger partial charge on any atom is -0.338 e. The van der Waals surface area contributed by atoms with Gasteiger partial charge in [0.25, 0.3) is 0 Å². The number of anilines is 2. The number of hydrogen-bond donors (Lipinski definition) is 1. The maximum Gasteiger partial charge on any atom is 0.234 e. The van der Waals surface area contributed by atoms with Crippen LogP contribution in [0.1, 0.15) is 46.1 Å². The van der Waals surface area contributed by atoms with Crippen LogP contribution < -0.4 is 10.2 Å². The lowest BCUT2D eigenvalue weighted by molar-refractivity contribution is -0.118. The van der Waals surface area contributed by atoms with Crippen molar-refractivity contribution in [1.82, 2.24) is 19.9 Å². The van der Waals surface area contributed by atoms with Crippen molar-refractivity contribution >= 4 is 35.3 Å². The molecule has 1 aromatic heterocycles. The highest BCUT2D eigenvalue weighted by Crippen LogP contribution is 2.30. The third kappa shape index (κ3) is 7.13. The standard InChI is InChI=1S/C27H37N7OS/c1-6-7-21(35)16-19-8-10-22(11-9-19)36-26-31-24(29-23-17-20(18-28-23)27(2,3)4)30-25(32-26)34-14-12-33(5)13-15-34/h8-11,17H,6-7,12-16,18H2,1-5H3,(H,28,29,30,31,32). The fraction of sp³-hybridized carbons (Fsp3) is 0.519. The van der Waals surface area contributed by atoms with Crippen molar-refractivity contribution < 1.29 is 4.79 Å². The van der Waals surface area contributed by atoms with E-state index in [-0.39, 0.29) is 11.2 Å². The monoisotopic (exact) mass is 507 g/mol. The lowest BCUT2D eigenvalue weighted by Crippen LogP contribution is -2.45. The molecular weight excluding hydrogens is 470 g/mol. The number of aliphatic imine (C=N–C) groups is 1. The number of likely N-dealkylation sites (N-methyl/N-ethyl adjacent to an activating group) is 1. The maximum absolute atomic E-state index is 12.0. The van der Waals surface area contributed by atoms with Crippen LogP contribution in [0.5, 0.6) is 0 Å².